The molecule has 2 aromatic heterocycles. The maximum Gasteiger partial charge on any atom is 0.223 e. The molecular weight excluding hydrogens is 302 g/mol. The van der Waals surface area contributed by atoms with Crippen LogP contribution in [0.4, 0.5) is 17.6 Å². The van der Waals surface area contributed by atoms with Crippen LogP contribution in [0.2, 0.25) is 0 Å². The Hall–Kier alpha value is -2.83. The number of nitrogens with zero attached hydrogens (tertiary/aromatic N) is 4. The third-order valence-corrected chi connectivity index (χ3v) is 4.69. The molecule has 3 aromatic rings. The van der Waals surface area contributed by atoms with E-state index >= 15 is 0 Å². The van der Waals surface area contributed by atoms with Crippen LogP contribution < -0.4 is 16.4 Å². The fourth-order valence-electron chi connectivity index (χ4n) is 3.40. The Morgan fingerprint density at radius 2 is 1.92 bits per heavy atom. The van der Waals surface area contributed by atoms with Crippen molar-refractivity contribution in [1.29, 1.82) is 0 Å². The Morgan fingerprint density at radius 1 is 1.12 bits per heavy atom. The van der Waals surface area contributed by atoms with Gasteiger partial charge in [0.05, 0.1) is 11.0 Å². The van der Waals surface area contributed by atoms with Gasteiger partial charge in [0, 0.05) is 25.1 Å². The number of piperidine rings is 1. The summed E-state index contributed by atoms with van der Waals surface area (Å²) in [4.78, 5) is 18.7. The number of fused-ring (bicyclic) bond motifs is 1. The molecule has 1 aliphatic heterocycles. The number of imidazole rings is 1. The first-order valence-electron chi connectivity index (χ1n) is 8.20. The van der Waals surface area contributed by atoms with Crippen LogP contribution in [0.1, 0.15) is 30.1 Å². The first kappa shape index (κ1) is 14.7. The first-order chi connectivity index (χ1) is 11.6. The highest BCUT2D eigenvalue weighted by Crippen LogP contribution is 2.30. The van der Waals surface area contributed by atoms with Crippen molar-refractivity contribution in [3.05, 3.63) is 35.7 Å². The topological polar surface area (TPSA) is 110 Å². The second kappa shape index (κ2) is 5.67. The summed E-state index contributed by atoms with van der Waals surface area (Å²) in [6, 6.07) is 8.02. The summed E-state index contributed by atoms with van der Waals surface area (Å²) in [6.45, 7) is 3.90. The number of benzene rings is 1. The second-order valence-electron chi connectivity index (χ2n) is 6.36. The van der Waals surface area contributed by atoms with Crippen LogP contribution in [0.15, 0.2) is 24.3 Å². The summed E-state index contributed by atoms with van der Waals surface area (Å²) >= 11 is 0. The van der Waals surface area contributed by atoms with E-state index in [2.05, 4.69) is 45.0 Å². The monoisotopic (exact) mass is 323 g/mol. The van der Waals surface area contributed by atoms with Crippen LogP contribution in [-0.4, -0.2) is 33.0 Å². The maximum absolute atomic E-state index is 5.77. The number of nitrogens with two attached hydrogens (primary N) is 2. The van der Waals surface area contributed by atoms with E-state index in [4.69, 9.17) is 16.5 Å². The summed E-state index contributed by atoms with van der Waals surface area (Å²) in [5.41, 5.74) is 14.9. The lowest BCUT2D eigenvalue weighted by atomic mass is 9.96. The second-order valence-corrected chi connectivity index (χ2v) is 6.36. The zero-order valence-electron chi connectivity index (χ0n) is 13.7. The summed E-state index contributed by atoms with van der Waals surface area (Å²) in [5.74, 6) is 2.96. The number of aromatic amines is 1. The lowest BCUT2D eigenvalue weighted by Crippen LogP contribution is -2.34. The predicted molar refractivity (Wildman–Crippen MR) is 95.9 cm³/mol. The number of nitrogens with one attached hydrogen (secondary N) is 1. The average molecular weight is 323 g/mol. The number of aryl methyl sites for hydroxylation is 1. The molecule has 0 bridgehead atoms. The number of hydrogen-bond acceptors (Lipinski definition) is 6. The molecule has 7 nitrogen and oxygen atoms in total. The van der Waals surface area contributed by atoms with Gasteiger partial charge in [-0.15, -0.1) is 0 Å². The summed E-state index contributed by atoms with van der Waals surface area (Å²) in [6.07, 6.45) is 2.03. The van der Waals surface area contributed by atoms with Gasteiger partial charge >= 0.3 is 0 Å². The van der Waals surface area contributed by atoms with E-state index in [-0.39, 0.29) is 5.95 Å². The summed E-state index contributed by atoms with van der Waals surface area (Å²) < 4.78 is 0. The van der Waals surface area contributed by atoms with Crippen molar-refractivity contribution < 1.29 is 0 Å². The van der Waals surface area contributed by atoms with E-state index < -0.39 is 0 Å². The van der Waals surface area contributed by atoms with E-state index in [0.29, 0.717) is 11.7 Å². The van der Waals surface area contributed by atoms with Crippen LogP contribution in [0, 0.1) is 6.92 Å². The van der Waals surface area contributed by atoms with Gasteiger partial charge in [-0.05, 0) is 31.4 Å². The molecule has 3 heterocycles. The zero-order chi connectivity index (χ0) is 16.7. The van der Waals surface area contributed by atoms with Crippen LogP contribution in [-0.2, 0) is 0 Å². The van der Waals surface area contributed by atoms with Gasteiger partial charge < -0.3 is 21.4 Å². The van der Waals surface area contributed by atoms with Crippen LogP contribution in [0.3, 0.4) is 0 Å². The van der Waals surface area contributed by atoms with Crippen molar-refractivity contribution in [3.8, 4) is 0 Å². The molecule has 4 rings (SSSR count). The Balaban J connectivity index is 1.52. The quantitative estimate of drug-likeness (QED) is 0.667. The minimum atomic E-state index is 0.222. The van der Waals surface area contributed by atoms with Gasteiger partial charge in [0.2, 0.25) is 5.95 Å². The van der Waals surface area contributed by atoms with Gasteiger partial charge in [0.1, 0.15) is 17.5 Å². The number of aromatic nitrogens is 4. The Morgan fingerprint density at radius 3 is 2.62 bits per heavy atom. The number of rotatable bonds is 2. The molecule has 1 aromatic carbocycles. The van der Waals surface area contributed by atoms with E-state index in [1.54, 1.807) is 6.07 Å². The molecule has 1 aliphatic rings. The molecule has 5 N–H and O–H groups in total. The molecule has 0 saturated carbocycles. The minimum Gasteiger partial charge on any atom is -0.383 e. The minimum absolute atomic E-state index is 0.222. The van der Waals surface area contributed by atoms with E-state index in [1.807, 2.05) is 0 Å². The largest absolute Gasteiger partial charge is 0.383 e. The molecule has 0 aliphatic carbocycles. The van der Waals surface area contributed by atoms with Gasteiger partial charge in [-0.2, -0.15) is 9.97 Å². The SMILES string of the molecule is Cc1cccc2[nH]c(C3CCN(c4cc(N)nc(N)n4)CC3)nc12. The third kappa shape index (κ3) is 2.62. The van der Waals surface area contributed by atoms with Gasteiger partial charge in [-0.1, -0.05) is 12.1 Å². The molecular formula is C17H21N7. The van der Waals surface area contributed by atoms with Crippen LogP contribution in [0.25, 0.3) is 11.0 Å². The fraction of sp³-hybridized carbons (Fsp3) is 0.353. The molecule has 0 atom stereocenters. The molecule has 0 unspecified atom stereocenters. The van der Waals surface area contributed by atoms with Crippen LogP contribution >= 0.6 is 0 Å². The van der Waals surface area contributed by atoms with Gasteiger partial charge in [-0.3, -0.25) is 0 Å². The highest BCUT2D eigenvalue weighted by Gasteiger charge is 2.24. The molecule has 0 amide bonds. The number of anilines is 3. The Bertz CT molecular complexity index is 858. The number of nitrogen functional groups attached to an aromatic ring is 2. The molecule has 24 heavy (non-hydrogen) atoms. The van der Waals surface area contributed by atoms with Gasteiger partial charge in [0.25, 0.3) is 0 Å². The normalized spacial score (nSPS) is 16.0. The van der Waals surface area contributed by atoms with Crippen molar-refractivity contribution in [3.63, 3.8) is 0 Å². The predicted octanol–water partition coefficient (Wildman–Crippen LogP) is 2.21. The number of para-hydroxylation sites is 1. The average Bonchev–Trinajstić information content (AvgIpc) is 3.00. The molecule has 7 heteroatoms. The van der Waals surface area contributed by atoms with E-state index in [0.717, 1.165) is 48.6 Å². The highest BCUT2D eigenvalue weighted by molar-refractivity contribution is 5.78. The lowest BCUT2D eigenvalue weighted by Gasteiger charge is -2.32. The van der Waals surface area contributed by atoms with Crippen molar-refractivity contribution in [2.24, 2.45) is 0 Å². The van der Waals surface area contributed by atoms with Crippen LogP contribution in [0.5, 0.6) is 0 Å². The van der Waals surface area contributed by atoms with Crippen molar-refractivity contribution in [2.45, 2.75) is 25.7 Å². The van der Waals surface area contributed by atoms with Gasteiger partial charge in [-0.25, -0.2) is 4.98 Å². The Kier molecular flexibility index (Phi) is 3.48. The Labute approximate surface area is 140 Å². The third-order valence-electron chi connectivity index (χ3n) is 4.69. The molecule has 1 saturated heterocycles. The fourth-order valence-corrected chi connectivity index (χ4v) is 3.40. The number of H-pyrrole nitrogens is 1. The van der Waals surface area contributed by atoms with E-state index in [1.165, 1.54) is 5.56 Å². The molecule has 1 fully saturated rings. The highest BCUT2D eigenvalue weighted by atomic mass is 15.2. The van der Waals surface area contributed by atoms with Crippen molar-refractivity contribution in [2.75, 3.05) is 29.5 Å². The van der Waals surface area contributed by atoms with Gasteiger partial charge in [0.15, 0.2) is 0 Å². The van der Waals surface area contributed by atoms with E-state index in [9.17, 15) is 0 Å². The number of hydrogen-bond donors (Lipinski definition) is 3. The molecule has 0 radical (unpaired) electrons. The summed E-state index contributed by atoms with van der Waals surface area (Å²) in [5, 5.41) is 0. The lowest BCUT2D eigenvalue weighted by molar-refractivity contribution is 0.487. The van der Waals surface area contributed by atoms with Crippen molar-refractivity contribution >= 4 is 28.6 Å². The smallest absolute Gasteiger partial charge is 0.223 e. The first-order valence-corrected chi connectivity index (χ1v) is 8.20. The zero-order valence-corrected chi connectivity index (χ0v) is 13.7. The van der Waals surface area contributed by atoms with Crippen molar-refractivity contribution in [1.82, 2.24) is 19.9 Å². The molecule has 0 spiro atoms. The maximum atomic E-state index is 5.77. The standard InChI is InChI=1S/C17H21N7/c1-10-3-2-4-12-15(10)23-16(20-12)11-5-7-24(8-6-11)14-9-13(18)21-17(19)22-14/h2-4,9,11H,5-8H2,1H3,(H,20,23)(H4,18,19,21,22). The molecule has 124 valence electrons. The summed E-state index contributed by atoms with van der Waals surface area (Å²) in [7, 11) is 0.